The lowest BCUT2D eigenvalue weighted by molar-refractivity contribution is -0.176. The minimum atomic E-state index is -0.0319. The molecule has 0 N–H and O–H groups in total. The van der Waals surface area contributed by atoms with E-state index in [0.717, 1.165) is 0 Å². The third-order valence-electron chi connectivity index (χ3n) is 3.08. The zero-order valence-corrected chi connectivity index (χ0v) is 8.59. The highest BCUT2D eigenvalue weighted by Gasteiger charge is 2.45. The highest BCUT2D eigenvalue weighted by Crippen LogP contribution is 2.27. The summed E-state index contributed by atoms with van der Waals surface area (Å²) < 4.78 is 27.9. The van der Waals surface area contributed by atoms with Gasteiger partial charge in [-0.3, -0.25) is 0 Å². The molecule has 3 aliphatic heterocycles. The van der Waals surface area contributed by atoms with E-state index < -0.39 is 0 Å². The monoisotopic (exact) mass is 216 g/mol. The van der Waals surface area contributed by atoms with Crippen molar-refractivity contribution >= 4 is 0 Å². The molecule has 3 saturated heterocycles. The fourth-order valence-corrected chi connectivity index (χ4v) is 2.35. The maximum absolute atomic E-state index is 5.68. The Morgan fingerprint density at radius 2 is 1.27 bits per heavy atom. The van der Waals surface area contributed by atoms with Crippen LogP contribution in [0, 0.1) is 0 Å². The number of fused-ring (bicyclic) bond motifs is 1. The second-order valence-electron chi connectivity index (χ2n) is 4.03. The first-order valence-corrected chi connectivity index (χ1v) is 5.49. The van der Waals surface area contributed by atoms with Gasteiger partial charge in [0.05, 0.1) is 39.6 Å². The molecule has 0 aliphatic carbocycles. The lowest BCUT2D eigenvalue weighted by atomic mass is 10.1. The molecular formula is C10H16O5. The summed E-state index contributed by atoms with van der Waals surface area (Å²) in [4.78, 5) is 0. The van der Waals surface area contributed by atoms with Gasteiger partial charge in [0, 0.05) is 0 Å². The predicted octanol–water partition coefficient (Wildman–Crippen LogP) is -0.415. The van der Waals surface area contributed by atoms with Crippen molar-refractivity contribution in [3.05, 3.63) is 0 Å². The Balaban J connectivity index is 1.65. The molecule has 0 amide bonds. The van der Waals surface area contributed by atoms with Crippen LogP contribution in [0.3, 0.4) is 0 Å². The fourth-order valence-electron chi connectivity index (χ4n) is 2.35. The van der Waals surface area contributed by atoms with E-state index in [2.05, 4.69) is 0 Å². The molecular weight excluding hydrogens is 200 g/mol. The standard InChI is InChI=1S/C10H16O5/c1-2-12-7(5-11-1)10-9-8(6-15-10)13-3-4-14-9/h7-10H,1-6H2. The minimum Gasteiger partial charge on any atom is -0.376 e. The molecule has 3 heterocycles. The fraction of sp³-hybridized carbons (Fsp3) is 1.00. The largest absolute Gasteiger partial charge is 0.376 e. The van der Waals surface area contributed by atoms with Crippen molar-refractivity contribution in [1.29, 1.82) is 0 Å². The first kappa shape index (κ1) is 9.99. The van der Waals surface area contributed by atoms with Gasteiger partial charge < -0.3 is 23.7 Å². The third-order valence-corrected chi connectivity index (χ3v) is 3.08. The van der Waals surface area contributed by atoms with Crippen molar-refractivity contribution in [2.24, 2.45) is 0 Å². The summed E-state index contributed by atoms with van der Waals surface area (Å²) in [6, 6.07) is 0. The molecule has 0 saturated carbocycles. The Morgan fingerprint density at radius 1 is 0.600 bits per heavy atom. The van der Waals surface area contributed by atoms with Crippen molar-refractivity contribution in [2.45, 2.75) is 24.4 Å². The normalized spacial score (nSPS) is 46.4. The number of rotatable bonds is 1. The Bertz CT molecular complexity index is 216. The van der Waals surface area contributed by atoms with Crippen molar-refractivity contribution in [3.63, 3.8) is 0 Å². The van der Waals surface area contributed by atoms with Gasteiger partial charge in [0.15, 0.2) is 0 Å². The molecule has 0 spiro atoms. The molecule has 3 rings (SSSR count). The first-order valence-electron chi connectivity index (χ1n) is 5.49. The average Bonchev–Trinajstić information content (AvgIpc) is 2.74. The van der Waals surface area contributed by atoms with Crippen molar-refractivity contribution < 1.29 is 23.7 Å². The predicted molar refractivity (Wildman–Crippen MR) is 49.8 cm³/mol. The van der Waals surface area contributed by atoms with Gasteiger partial charge in [-0.05, 0) is 0 Å². The average molecular weight is 216 g/mol. The highest BCUT2D eigenvalue weighted by molar-refractivity contribution is 4.92. The molecule has 5 nitrogen and oxygen atoms in total. The van der Waals surface area contributed by atoms with Crippen LogP contribution in [0.5, 0.6) is 0 Å². The highest BCUT2D eigenvalue weighted by atomic mass is 16.6. The first-order chi connectivity index (χ1) is 7.45. The summed E-state index contributed by atoms with van der Waals surface area (Å²) in [5.41, 5.74) is 0. The summed E-state index contributed by atoms with van der Waals surface area (Å²) >= 11 is 0. The van der Waals surface area contributed by atoms with Crippen LogP contribution in [0.25, 0.3) is 0 Å². The van der Waals surface area contributed by atoms with Gasteiger partial charge in [-0.1, -0.05) is 0 Å². The zero-order valence-electron chi connectivity index (χ0n) is 8.59. The van der Waals surface area contributed by atoms with E-state index >= 15 is 0 Å². The van der Waals surface area contributed by atoms with Gasteiger partial charge in [-0.25, -0.2) is 0 Å². The molecule has 3 aliphatic rings. The van der Waals surface area contributed by atoms with Crippen LogP contribution in [0.2, 0.25) is 0 Å². The SMILES string of the molecule is C1COC(C2OCC3OCCOC32)CO1. The van der Waals surface area contributed by atoms with E-state index in [1.807, 2.05) is 0 Å². The number of hydrogen-bond acceptors (Lipinski definition) is 5. The quantitative estimate of drug-likeness (QED) is 0.596. The Hall–Kier alpha value is -0.200. The second kappa shape index (κ2) is 4.35. The van der Waals surface area contributed by atoms with E-state index in [-0.39, 0.29) is 24.4 Å². The third kappa shape index (κ3) is 1.90. The lowest BCUT2D eigenvalue weighted by Gasteiger charge is -2.33. The number of ether oxygens (including phenoxy) is 5. The number of hydrogen-bond donors (Lipinski definition) is 0. The minimum absolute atomic E-state index is 0.00421. The molecule has 4 atom stereocenters. The van der Waals surface area contributed by atoms with Crippen LogP contribution in [-0.4, -0.2) is 64.1 Å². The van der Waals surface area contributed by atoms with E-state index in [4.69, 9.17) is 23.7 Å². The molecule has 15 heavy (non-hydrogen) atoms. The van der Waals surface area contributed by atoms with Gasteiger partial charge in [0.1, 0.15) is 24.4 Å². The Morgan fingerprint density at radius 3 is 2.13 bits per heavy atom. The maximum Gasteiger partial charge on any atom is 0.115 e. The van der Waals surface area contributed by atoms with Gasteiger partial charge in [0.2, 0.25) is 0 Å². The van der Waals surface area contributed by atoms with Crippen LogP contribution >= 0.6 is 0 Å². The van der Waals surface area contributed by atoms with Gasteiger partial charge in [-0.15, -0.1) is 0 Å². The molecule has 3 fully saturated rings. The molecule has 5 heteroatoms. The van der Waals surface area contributed by atoms with Crippen molar-refractivity contribution in [3.8, 4) is 0 Å². The smallest absolute Gasteiger partial charge is 0.115 e. The summed E-state index contributed by atoms with van der Waals surface area (Å²) in [5, 5.41) is 0. The molecule has 86 valence electrons. The molecule has 0 aromatic carbocycles. The van der Waals surface area contributed by atoms with E-state index in [9.17, 15) is 0 Å². The van der Waals surface area contributed by atoms with Crippen LogP contribution in [0.4, 0.5) is 0 Å². The summed E-state index contributed by atoms with van der Waals surface area (Å²) in [6.07, 6.45) is 0.0609. The Kier molecular flexibility index (Phi) is 2.90. The van der Waals surface area contributed by atoms with Crippen LogP contribution < -0.4 is 0 Å². The topological polar surface area (TPSA) is 46.2 Å². The van der Waals surface area contributed by atoms with Crippen molar-refractivity contribution in [2.75, 3.05) is 39.6 Å². The molecule has 0 bridgehead atoms. The molecule has 0 aromatic heterocycles. The van der Waals surface area contributed by atoms with E-state index in [0.29, 0.717) is 39.6 Å². The molecule has 0 aromatic rings. The van der Waals surface area contributed by atoms with Gasteiger partial charge >= 0.3 is 0 Å². The van der Waals surface area contributed by atoms with Gasteiger partial charge in [-0.2, -0.15) is 0 Å². The second-order valence-corrected chi connectivity index (χ2v) is 4.03. The van der Waals surface area contributed by atoms with Crippen LogP contribution in [0.1, 0.15) is 0 Å². The van der Waals surface area contributed by atoms with Crippen molar-refractivity contribution in [1.82, 2.24) is 0 Å². The zero-order chi connectivity index (χ0) is 10.1. The summed E-state index contributed by atoms with van der Waals surface area (Å²) in [7, 11) is 0. The molecule has 4 unspecified atom stereocenters. The maximum atomic E-state index is 5.68. The van der Waals surface area contributed by atoms with E-state index in [1.165, 1.54) is 0 Å². The summed E-state index contributed by atoms with van der Waals surface area (Å²) in [6.45, 7) is 3.83. The van der Waals surface area contributed by atoms with Crippen LogP contribution in [-0.2, 0) is 23.7 Å². The summed E-state index contributed by atoms with van der Waals surface area (Å²) in [5.74, 6) is 0. The lowest BCUT2D eigenvalue weighted by Crippen LogP contribution is -2.49. The van der Waals surface area contributed by atoms with Gasteiger partial charge in [0.25, 0.3) is 0 Å². The Labute approximate surface area is 88.6 Å². The van der Waals surface area contributed by atoms with E-state index in [1.54, 1.807) is 0 Å². The van der Waals surface area contributed by atoms with Crippen LogP contribution in [0.15, 0.2) is 0 Å². The molecule has 0 radical (unpaired) electrons.